The molecule has 1 saturated heterocycles. The quantitative estimate of drug-likeness (QED) is 0.866. The first kappa shape index (κ1) is 16.8. The van der Waals surface area contributed by atoms with Crippen molar-refractivity contribution in [2.75, 3.05) is 42.7 Å². The van der Waals surface area contributed by atoms with Gasteiger partial charge in [-0.05, 0) is 57.6 Å². The Bertz CT molecular complexity index is 844. The number of hydrogen-bond acceptors (Lipinski definition) is 6. The third-order valence-electron chi connectivity index (χ3n) is 5.25. The lowest BCUT2D eigenvalue weighted by atomic mass is 10.0. The number of aryl methyl sites for hydroxylation is 1. The molecule has 0 unspecified atom stereocenters. The third kappa shape index (κ3) is 3.10. The Morgan fingerprint density at radius 2 is 1.96 bits per heavy atom. The van der Waals surface area contributed by atoms with E-state index in [-0.39, 0.29) is 5.91 Å². The number of likely N-dealkylation sites (tertiary alicyclic amines) is 1. The maximum absolute atomic E-state index is 12.5. The van der Waals surface area contributed by atoms with E-state index in [2.05, 4.69) is 37.4 Å². The van der Waals surface area contributed by atoms with Gasteiger partial charge in [0.1, 0.15) is 11.4 Å². The number of anilines is 4. The number of aromatic nitrogens is 2. The molecule has 3 heterocycles. The molecule has 0 aliphatic carbocycles. The van der Waals surface area contributed by atoms with Crippen LogP contribution in [0.25, 0.3) is 0 Å². The summed E-state index contributed by atoms with van der Waals surface area (Å²) in [6.45, 7) is 4.18. The van der Waals surface area contributed by atoms with Crippen molar-refractivity contribution >= 4 is 29.0 Å². The Morgan fingerprint density at radius 3 is 2.73 bits per heavy atom. The normalized spacial score (nSPS) is 17.6. The van der Waals surface area contributed by atoms with Gasteiger partial charge in [-0.25, -0.2) is 4.98 Å². The summed E-state index contributed by atoms with van der Waals surface area (Å²) in [4.78, 5) is 26.1. The summed E-state index contributed by atoms with van der Waals surface area (Å²) in [6, 6.07) is 6.30. The Balaban J connectivity index is 1.65. The van der Waals surface area contributed by atoms with Gasteiger partial charge in [0.2, 0.25) is 5.95 Å². The van der Waals surface area contributed by atoms with Gasteiger partial charge in [0.05, 0.1) is 11.4 Å². The minimum absolute atomic E-state index is 0.191. The molecule has 0 bridgehead atoms. The number of nitrogens with one attached hydrogen (secondary N) is 2. The van der Waals surface area contributed by atoms with E-state index in [0.717, 1.165) is 42.9 Å². The number of nitrogens with zero attached hydrogens (tertiary/aromatic N) is 4. The van der Waals surface area contributed by atoms with Crippen molar-refractivity contribution in [3.05, 3.63) is 35.5 Å². The van der Waals surface area contributed by atoms with Gasteiger partial charge < -0.3 is 20.4 Å². The van der Waals surface area contributed by atoms with Gasteiger partial charge in [0.15, 0.2) is 0 Å². The molecular formula is C19H24N6O. The van der Waals surface area contributed by atoms with Crippen LogP contribution in [0.3, 0.4) is 0 Å². The fourth-order valence-corrected chi connectivity index (χ4v) is 3.54. The molecule has 7 heteroatoms. The molecule has 0 spiro atoms. The van der Waals surface area contributed by atoms with Gasteiger partial charge in [0, 0.05) is 19.3 Å². The first-order chi connectivity index (χ1) is 12.5. The zero-order chi connectivity index (χ0) is 18.3. The van der Waals surface area contributed by atoms with E-state index < -0.39 is 0 Å². The standard InChI is InChI=1S/C19H24N6O/c1-12-4-5-15-16(10-12)21-17-14(18(26)22-15)11-20-19(23-17)25(3)13-6-8-24(2)9-7-13/h4-5,10-11,13H,6-9H2,1-3H3,(H,22,26)(H,20,21,23). The average Bonchev–Trinajstić information content (AvgIpc) is 2.77. The predicted molar refractivity (Wildman–Crippen MR) is 103 cm³/mol. The highest BCUT2D eigenvalue weighted by molar-refractivity contribution is 6.11. The summed E-state index contributed by atoms with van der Waals surface area (Å²) >= 11 is 0. The molecule has 0 saturated carbocycles. The summed E-state index contributed by atoms with van der Waals surface area (Å²) < 4.78 is 0. The number of fused-ring (bicyclic) bond motifs is 2. The van der Waals surface area contributed by atoms with Crippen LogP contribution in [0.4, 0.5) is 23.1 Å². The van der Waals surface area contributed by atoms with Crippen LogP contribution in [0, 0.1) is 6.92 Å². The molecule has 2 aromatic rings. The molecule has 1 aromatic heterocycles. The molecule has 1 amide bonds. The van der Waals surface area contributed by atoms with Gasteiger partial charge >= 0.3 is 0 Å². The lowest BCUT2D eigenvalue weighted by Crippen LogP contribution is -2.42. The van der Waals surface area contributed by atoms with E-state index in [0.29, 0.717) is 23.4 Å². The molecule has 26 heavy (non-hydrogen) atoms. The van der Waals surface area contributed by atoms with Crippen LogP contribution in [0.1, 0.15) is 28.8 Å². The molecule has 136 valence electrons. The Kier molecular flexibility index (Phi) is 4.24. The second kappa shape index (κ2) is 6.57. The molecule has 2 aliphatic heterocycles. The molecule has 0 atom stereocenters. The number of piperidine rings is 1. The highest BCUT2D eigenvalue weighted by atomic mass is 16.1. The van der Waals surface area contributed by atoms with Crippen molar-refractivity contribution in [1.29, 1.82) is 0 Å². The number of benzene rings is 1. The van der Waals surface area contributed by atoms with E-state index in [1.165, 1.54) is 0 Å². The molecule has 0 radical (unpaired) electrons. The second-order valence-corrected chi connectivity index (χ2v) is 7.21. The fourth-order valence-electron chi connectivity index (χ4n) is 3.54. The lowest BCUT2D eigenvalue weighted by molar-refractivity contribution is 0.102. The van der Waals surface area contributed by atoms with Crippen molar-refractivity contribution in [3.63, 3.8) is 0 Å². The summed E-state index contributed by atoms with van der Waals surface area (Å²) in [5.41, 5.74) is 3.18. The molecule has 7 nitrogen and oxygen atoms in total. The van der Waals surface area contributed by atoms with Crippen LogP contribution in [-0.2, 0) is 0 Å². The monoisotopic (exact) mass is 352 g/mol. The van der Waals surface area contributed by atoms with E-state index >= 15 is 0 Å². The van der Waals surface area contributed by atoms with E-state index in [1.807, 2.05) is 32.2 Å². The van der Waals surface area contributed by atoms with Gasteiger partial charge in [-0.2, -0.15) is 4.98 Å². The van der Waals surface area contributed by atoms with E-state index in [4.69, 9.17) is 0 Å². The number of amides is 1. The van der Waals surface area contributed by atoms with Crippen LogP contribution in [-0.4, -0.2) is 54.0 Å². The van der Waals surface area contributed by atoms with Gasteiger partial charge in [-0.15, -0.1) is 0 Å². The third-order valence-corrected chi connectivity index (χ3v) is 5.25. The van der Waals surface area contributed by atoms with Crippen molar-refractivity contribution in [2.24, 2.45) is 0 Å². The van der Waals surface area contributed by atoms with Crippen molar-refractivity contribution in [3.8, 4) is 0 Å². The van der Waals surface area contributed by atoms with E-state index in [1.54, 1.807) is 6.20 Å². The SMILES string of the molecule is Cc1ccc2c(c1)Nc1nc(N(C)C3CCN(C)CC3)ncc1C(=O)N2. The summed E-state index contributed by atoms with van der Waals surface area (Å²) in [6.07, 6.45) is 3.79. The molecule has 1 aromatic carbocycles. The molecule has 2 aliphatic rings. The maximum atomic E-state index is 12.5. The summed E-state index contributed by atoms with van der Waals surface area (Å²) in [5, 5.41) is 6.23. The molecule has 4 rings (SSSR count). The topological polar surface area (TPSA) is 73.4 Å². The van der Waals surface area contributed by atoms with Crippen LogP contribution in [0.2, 0.25) is 0 Å². The van der Waals surface area contributed by atoms with Crippen LogP contribution >= 0.6 is 0 Å². The first-order valence-electron chi connectivity index (χ1n) is 8.99. The maximum Gasteiger partial charge on any atom is 0.261 e. The zero-order valence-corrected chi connectivity index (χ0v) is 15.4. The highest BCUT2D eigenvalue weighted by Crippen LogP contribution is 2.32. The molecular weight excluding hydrogens is 328 g/mol. The summed E-state index contributed by atoms with van der Waals surface area (Å²) in [7, 11) is 4.18. The van der Waals surface area contributed by atoms with Gasteiger partial charge in [-0.1, -0.05) is 6.07 Å². The van der Waals surface area contributed by atoms with Crippen LogP contribution < -0.4 is 15.5 Å². The lowest BCUT2D eigenvalue weighted by Gasteiger charge is -2.35. The highest BCUT2D eigenvalue weighted by Gasteiger charge is 2.25. The van der Waals surface area contributed by atoms with Crippen LogP contribution in [0.5, 0.6) is 0 Å². The Morgan fingerprint density at radius 1 is 1.19 bits per heavy atom. The van der Waals surface area contributed by atoms with E-state index in [9.17, 15) is 4.79 Å². The van der Waals surface area contributed by atoms with Gasteiger partial charge in [0.25, 0.3) is 5.91 Å². The fraction of sp³-hybridized carbons (Fsp3) is 0.421. The zero-order valence-electron chi connectivity index (χ0n) is 15.4. The molecule has 2 N–H and O–H groups in total. The van der Waals surface area contributed by atoms with Gasteiger partial charge in [-0.3, -0.25) is 4.79 Å². The minimum Gasteiger partial charge on any atom is -0.341 e. The smallest absolute Gasteiger partial charge is 0.261 e. The van der Waals surface area contributed by atoms with Crippen molar-refractivity contribution in [1.82, 2.24) is 14.9 Å². The number of hydrogen-bond donors (Lipinski definition) is 2. The van der Waals surface area contributed by atoms with Crippen molar-refractivity contribution < 1.29 is 4.79 Å². The Hall–Kier alpha value is -2.67. The molecule has 1 fully saturated rings. The largest absolute Gasteiger partial charge is 0.341 e. The number of carbonyl (C=O) groups excluding carboxylic acids is 1. The average molecular weight is 352 g/mol. The minimum atomic E-state index is -0.191. The predicted octanol–water partition coefficient (Wildman–Crippen LogP) is 2.62. The second-order valence-electron chi connectivity index (χ2n) is 7.21. The number of carbonyl (C=O) groups is 1. The van der Waals surface area contributed by atoms with Crippen molar-refractivity contribution in [2.45, 2.75) is 25.8 Å². The Labute approximate surface area is 153 Å². The number of rotatable bonds is 2. The van der Waals surface area contributed by atoms with Crippen LogP contribution in [0.15, 0.2) is 24.4 Å². The summed E-state index contributed by atoms with van der Waals surface area (Å²) in [5.74, 6) is 1.01. The first-order valence-corrected chi connectivity index (χ1v) is 8.99.